The maximum Gasteiger partial charge on any atom is 0.264 e. The number of nitrogens with one attached hydrogen (secondary N) is 1. The third-order valence-corrected chi connectivity index (χ3v) is 6.05. The van der Waals surface area contributed by atoms with Gasteiger partial charge in [-0.2, -0.15) is 0 Å². The number of nitrogens with zero attached hydrogens (tertiary/aromatic N) is 1. The summed E-state index contributed by atoms with van der Waals surface area (Å²) in [4.78, 5) is 30.3. The van der Waals surface area contributed by atoms with Crippen molar-refractivity contribution in [2.75, 3.05) is 4.90 Å². The number of hydrogen-bond acceptors (Lipinski definition) is 3. The first-order chi connectivity index (χ1) is 15.6. The molecule has 2 N–H and O–H groups in total. The molecule has 1 aromatic heterocycles. The molecule has 1 heterocycles. The van der Waals surface area contributed by atoms with E-state index in [9.17, 15) is 14.7 Å². The van der Waals surface area contributed by atoms with Crippen LogP contribution in [0.4, 0.5) is 5.69 Å². The lowest BCUT2D eigenvalue weighted by Gasteiger charge is -2.30. The van der Waals surface area contributed by atoms with E-state index in [1.54, 1.807) is 29.2 Å². The molecule has 5 heteroatoms. The van der Waals surface area contributed by atoms with Crippen LogP contribution in [0.25, 0.3) is 11.1 Å². The number of carbonyl (C=O) groups excluding carboxylic acids is 1. The molecule has 5 nitrogen and oxygen atoms in total. The molecule has 1 aliphatic rings. The third kappa shape index (κ3) is 3.48. The SMILES string of the molecule is O=C(c1ccc[nH]c1=O)N(c1ccc(-c2ccccc2)cc1)C1CCc2c(O)cccc21. The summed E-state index contributed by atoms with van der Waals surface area (Å²) < 4.78 is 0. The van der Waals surface area contributed by atoms with Crippen LogP contribution in [0.2, 0.25) is 0 Å². The Morgan fingerprint density at radius 1 is 0.875 bits per heavy atom. The Kier molecular flexibility index (Phi) is 5.07. The number of carbonyl (C=O) groups is 1. The van der Waals surface area contributed by atoms with Gasteiger partial charge in [0.1, 0.15) is 11.3 Å². The van der Waals surface area contributed by atoms with E-state index < -0.39 is 5.56 Å². The molecule has 5 rings (SSSR count). The summed E-state index contributed by atoms with van der Waals surface area (Å²) in [7, 11) is 0. The van der Waals surface area contributed by atoms with Gasteiger partial charge in [-0.15, -0.1) is 0 Å². The smallest absolute Gasteiger partial charge is 0.264 e. The number of aromatic amines is 1. The van der Waals surface area contributed by atoms with E-state index in [4.69, 9.17) is 0 Å². The Morgan fingerprint density at radius 2 is 1.62 bits per heavy atom. The van der Waals surface area contributed by atoms with E-state index in [1.807, 2.05) is 60.7 Å². The fraction of sp³-hybridized carbons (Fsp3) is 0.111. The molecule has 0 aliphatic heterocycles. The van der Waals surface area contributed by atoms with Crippen molar-refractivity contribution in [3.63, 3.8) is 0 Å². The summed E-state index contributed by atoms with van der Waals surface area (Å²) in [6.45, 7) is 0. The van der Waals surface area contributed by atoms with Gasteiger partial charge in [-0.1, -0.05) is 54.6 Å². The molecule has 0 bridgehead atoms. The number of phenolic OH excluding ortho intramolecular Hbond substituents is 1. The molecule has 1 aliphatic carbocycles. The van der Waals surface area contributed by atoms with Crippen molar-refractivity contribution in [2.45, 2.75) is 18.9 Å². The minimum absolute atomic E-state index is 0.0910. The fourth-order valence-electron chi connectivity index (χ4n) is 4.48. The standard InChI is InChI=1S/C27H22N2O3/c30-25-10-4-8-21-22(25)15-16-24(21)29(27(32)23-9-5-17-28-26(23)31)20-13-11-19(12-14-20)18-6-2-1-3-7-18/h1-14,17,24,30H,15-16H2,(H,28,31). The zero-order chi connectivity index (χ0) is 22.1. The van der Waals surface area contributed by atoms with E-state index in [0.717, 1.165) is 22.3 Å². The first-order valence-corrected chi connectivity index (χ1v) is 10.6. The summed E-state index contributed by atoms with van der Waals surface area (Å²) >= 11 is 0. The van der Waals surface area contributed by atoms with Crippen molar-refractivity contribution in [1.82, 2.24) is 4.98 Å². The molecule has 0 radical (unpaired) electrons. The Hall–Kier alpha value is -4.12. The maximum atomic E-state index is 13.6. The largest absolute Gasteiger partial charge is 0.508 e. The molecular formula is C27H22N2O3. The van der Waals surface area contributed by atoms with Gasteiger partial charge in [0.25, 0.3) is 11.5 Å². The molecule has 0 saturated heterocycles. The predicted octanol–water partition coefficient (Wildman–Crippen LogP) is 5.08. The average Bonchev–Trinajstić information content (AvgIpc) is 3.26. The third-order valence-electron chi connectivity index (χ3n) is 6.05. The molecule has 0 saturated carbocycles. The number of phenols is 1. The number of hydrogen-bond donors (Lipinski definition) is 2. The van der Waals surface area contributed by atoms with Gasteiger partial charge in [0, 0.05) is 11.9 Å². The Balaban J connectivity index is 1.60. The normalized spacial score (nSPS) is 14.7. The Labute approximate surface area is 185 Å². The van der Waals surface area contributed by atoms with Crippen molar-refractivity contribution >= 4 is 11.6 Å². The molecule has 0 spiro atoms. The van der Waals surface area contributed by atoms with E-state index in [0.29, 0.717) is 18.5 Å². The van der Waals surface area contributed by atoms with E-state index >= 15 is 0 Å². The highest BCUT2D eigenvalue weighted by atomic mass is 16.3. The number of rotatable bonds is 4. The van der Waals surface area contributed by atoms with Gasteiger partial charge in [-0.3, -0.25) is 9.59 Å². The van der Waals surface area contributed by atoms with Crippen LogP contribution in [-0.2, 0) is 6.42 Å². The summed E-state index contributed by atoms with van der Waals surface area (Å²) in [5.74, 6) is -0.116. The lowest BCUT2D eigenvalue weighted by Crippen LogP contribution is -2.37. The molecule has 4 aromatic rings. The zero-order valence-corrected chi connectivity index (χ0v) is 17.4. The number of aromatic hydroxyl groups is 1. The average molecular weight is 422 g/mol. The van der Waals surface area contributed by atoms with Crippen LogP contribution in [0.1, 0.15) is 33.9 Å². The van der Waals surface area contributed by atoms with Crippen LogP contribution in [-0.4, -0.2) is 16.0 Å². The predicted molar refractivity (Wildman–Crippen MR) is 125 cm³/mol. The zero-order valence-electron chi connectivity index (χ0n) is 17.4. The van der Waals surface area contributed by atoms with Crippen LogP contribution in [0, 0.1) is 0 Å². The number of H-pyrrole nitrogens is 1. The first-order valence-electron chi connectivity index (χ1n) is 10.6. The van der Waals surface area contributed by atoms with Crippen molar-refractivity contribution in [2.24, 2.45) is 0 Å². The Bertz CT molecular complexity index is 1330. The summed E-state index contributed by atoms with van der Waals surface area (Å²) in [6, 6.07) is 26.2. The molecule has 3 aromatic carbocycles. The highest BCUT2D eigenvalue weighted by Crippen LogP contribution is 2.42. The topological polar surface area (TPSA) is 73.4 Å². The van der Waals surface area contributed by atoms with Crippen molar-refractivity contribution < 1.29 is 9.90 Å². The number of anilines is 1. The van der Waals surface area contributed by atoms with E-state index in [2.05, 4.69) is 4.98 Å². The van der Waals surface area contributed by atoms with Crippen LogP contribution < -0.4 is 10.5 Å². The minimum Gasteiger partial charge on any atom is -0.508 e. The number of amides is 1. The van der Waals surface area contributed by atoms with Gasteiger partial charge in [0.15, 0.2) is 0 Å². The van der Waals surface area contributed by atoms with Crippen LogP contribution in [0.15, 0.2) is 95.9 Å². The number of pyridine rings is 1. The molecule has 158 valence electrons. The second-order valence-corrected chi connectivity index (χ2v) is 7.90. The Morgan fingerprint density at radius 3 is 2.38 bits per heavy atom. The first kappa shape index (κ1) is 19.8. The van der Waals surface area contributed by atoms with Gasteiger partial charge < -0.3 is 15.0 Å². The van der Waals surface area contributed by atoms with Gasteiger partial charge in [-0.05, 0) is 65.4 Å². The maximum absolute atomic E-state index is 13.6. The number of benzene rings is 3. The van der Waals surface area contributed by atoms with Gasteiger partial charge in [-0.25, -0.2) is 0 Å². The van der Waals surface area contributed by atoms with E-state index in [1.165, 1.54) is 6.20 Å². The quantitative estimate of drug-likeness (QED) is 0.482. The molecular weight excluding hydrogens is 400 g/mol. The van der Waals surface area contributed by atoms with Crippen LogP contribution in [0.3, 0.4) is 0 Å². The summed E-state index contributed by atoms with van der Waals surface area (Å²) in [5.41, 5.74) is 4.29. The second-order valence-electron chi connectivity index (χ2n) is 7.90. The summed E-state index contributed by atoms with van der Waals surface area (Å²) in [6.07, 6.45) is 2.86. The van der Waals surface area contributed by atoms with Crippen LogP contribution in [0.5, 0.6) is 5.75 Å². The number of fused-ring (bicyclic) bond motifs is 1. The monoisotopic (exact) mass is 422 g/mol. The minimum atomic E-state index is -0.419. The van der Waals surface area contributed by atoms with E-state index in [-0.39, 0.29) is 23.3 Å². The summed E-state index contributed by atoms with van der Waals surface area (Å²) in [5, 5.41) is 10.3. The van der Waals surface area contributed by atoms with Crippen molar-refractivity contribution in [1.29, 1.82) is 0 Å². The molecule has 0 fully saturated rings. The van der Waals surface area contributed by atoms with Gasteiger partial charge in [0.2, 0.25) is 0 Å². The number of aromatic nitrogens is 1. The molecule has 1 unspecified atom stereocenters. The lowest BCUT2D eigenvalue weighted by atomic mass is 10.0. The van der Waals surface area contributed by atoms with Crippen molar-refractivity contribution in [3.8, 4) is 16.9 Å². The highest BCUT2D eigenvalue weighted by molar-refractivity contribution is 6.06. The lowest BCUT2D eigenvalue weighted by molar-refractivity contribution is 0.0974. The fourth-order valence-corrected chi connectivity index (χ4v) is 4.48. The van der Waals surface area contributed by atoms with Crippen LogP contribution >= 0.6 is 0 Å². The van der Waals surface area contributed by atoms with Crippen molar-refractivity contribution in [3.05, 3.63) is 118 Å². The molecule has 1 atom stereocenters. The molecule has 1 amide bonds. The molecule has 32 heavy (non-hydrogen) atoms. The highest BCUT2D eigenvalue weighted by Gasteiger charge is 2.34. The van der Waals surface area contributed by atoms with Gasteiger partial charge >= 0.3 is 0 Å². The second kappa shape index (κ2) is 8.19. The van der Waals surface area contributed by atoms with Gasteiger partial charge in [0.05, 0.1) is 6.04 Å².